The van der Waals surface area contributed by atoms with Crippen molar-refractivity contribution in [3.8, 4) is 0 Å². The van der Waals surface area contributed by atoms with Crippen LogP contribution in [0, 0.1) is 0 Å². The van der Waals surface area contributed by atoms with Gasteiger partial charge in [-0.3, -0.25) is 14.5 Å². The van der Waals surface area contributed by atoms with Gasteiger partial charge in [0.2, 0.25) is 12.3 Å². The summed E-state index contributed by atoms with van der Waals surface area (Å²) in [4.78, 5) is 22.6. The number of rotatable bonds is 4. The first kappa shape index (κ1) is 10.1. The van der Waals surface area contributed by atoms with Crippen LogP contribution in [0.4, 0.5) is 0 Å². The summed E-state index contributed by atoms with van der Waals surface area (Å²) in [6.07, 6.45) is 0.560. The number of imide groups is 1. The zero-order chi connectivity index (χ0) is 8.85. The van der Waals surface area contributed by atoms with Crippen LogP contribution < -0.4 is 5.32 Å². The van der Waals surface area contributed by atoms with Gasteiger partial charge in [0.1, 0.15) is 0 Å². The maximum atomic E-state index is 11.0. The summed E-state index contributed by atoms with van der Waals surface area (Å²) in [5.74, 6) is -0.197. The van der Waals surface area contributed by atoms with Gasteiger partial charge in [-0.25, -0.2) is 0 Å². The predicted molar refractivity (Wildman–Crippen MR) is 42.0 cm³/mol. The third-order valence-electron chi connectivity index (χ3n) is 1.29. The van der Waals surface area contributed by atoms with E-state index < -0.39 is 0 Å². The summed E-state index contributed by atoms with van der Waals surface area (Å²) >= 11 is 0. The fourth-order valence-corrected chi connectivity index (χ4v) is 0.711. The SMILES string of the molecule is CNCC(=O)N(C=O)C(C)C. The normalized spacial score (nSPS) is 9.82. The Morgan fingerprint density at radius 1 is 1.64 bits per heavy atom. The lowest BCUT2D eigenvalue weighted by Gasteiger charge is -2.18. The highest BCUT2D eigenvalue weighted by Crippen LogP contribution is 1.93. The Morgan fingerprint density at radius 3 is 2.45 bits per heavy atom. The second-order valence-corrected chi connectivity index (χ2v) is 2.53. The van der Waals surface area contributed by atoms with Crippen molar-refractivity contribution in [3.63, 3.8) is 0 Å². The second kappa shape index (κ2) is 4.85. The van der Waals surface area contributed by atoms with Gasteiger partial charge in [0.15, 0.2) is 0 Å². The van der Waals surface area contributed by atoms with Crippen LogP contribution in [0.5, 0.6) is 0 Å². The number of nitrogens with one attached hydrogen (secondary N) is 1. The first-order valence-electron chi connectivity index (χ1n) is 3.54. The molecule has 1 N–H and O–H groups in total. The number of amides is 2. The van der Waals surface area contributed by atoms with Gasteiger partial charge < -0.3 is 5.32 Å². The number of carbonyl (C=O) groups excluding carboxylic acids is 2. The van der Waals surface area contributed by atoms with Gasteiger partial charge in [-0.15, -0.1) is 0 Å². The van der Waals surface area contributed by atoms with E-state index in [1.54, 1.807) is 20.9 Å². The number of carbonyl (C=O) groups is 2. The van der Waals surface area contributed by atoms with Crippen LogP contribution in [0.3, 0.4) is 0 Å². The molecule has 0 rings (SSSR count). The lowest BCUT2D eigenvalue weighted by molar-refractivity contribution is -0.139. The van der Waals surface area contributed by atoms with Crippen molar-refractivity contribution in [1.82, 2.24) is 10.2 Å². The summed E-state index contributed by atoms with van der Waals surface area (Å²) in [5.41, 5.74) is 0. The Kier molecular flexibility index (Phi) is 4.45. The monoisotopic (exact) mass is 158 g/mol. The molecule has 0 aromatic heterocycles. The van der Waals surface area contributed by atoms with E-state index in [0.29, 0.717) is 6.41 Å². The summed E-state index contributed by atoms with van der Waals surface area (Å²) < 4.78 is 0. The molecular formula is C7H14N2O2. The van der Waals surface area contributed by atoms with Crippen LogP contribution in [0.1, 0.15) is 13.8 Å². The van der Waals surface area contributed by atoms with E-state index in [4.69, 9.17) is 0 Å². The molecular weight excluding hydrogens is 144 g/mol. The molecule has 0 spiro atoms. The van der Waals surface area contributed by atoms with Crippen LogP contribution in [-0.4, -0.2) is 36.9 Å². The van der Waals surface area contributed by atoms with E-state index in [1.165, 1.54) is 0 Å². The molecule has 0 unspecified atom stereocenters. The molecule has 11 heavy (non-hydrogen) atoms. The van der Waals surface area contributed by atoms with E-state index in [2.05, 4.69) is 5.32 Å². The Balaban J connectivity index is 4.03. The summed E-state index contributed by atoms with van der Waals surface area (Å²) in [6, 6.07) is -0.0617. The lowest BCUT2D eigenvalue weighted by atomic mass is 10.3. The first-order chi connectivity index (χ1) is 5.13. The Labute approximate surface area is 66.6 Å². The minimum Gasteiger partial charge on any atom is -0.311 e. The van der Waals surface area contributed by atoms with Crippen LogP contribution in [0.2, 0.25) is 0 Å². The molecule has 0 aliphatic carbocycles. The molecule has 0 atom stereocenters. The third kappa shape index (κ3) is 3.13. The summed E-state index contributed by atoms with van der Waals surface area (Å²) in [7, 11) is 1.67. The average molecular weight is 158 g/mol. The maximum absolute atomic E-state index is 11.0. The van der Waals surface area contributed by atoms with E-state index in [1.807, 2.05) is 0 Å². The fourth-order valence-electron chi connectivity index (χ4n) is 0.711. The van der Waals surface area contributed by atoms with E-state index in [9.17, 15) is 9.59 Å². The number of hydrogen-bond donors (Lipinski definition) is 1. The van der Waals surface area contributed by atoms with Crippen LogP contribution in [0.15, 0.2) is 0 Å². The molecule has 0 saturated carbocycles. The molecule has 0 aliphatic rings. The highest BCUT2D eigenvalue weighted by molar-refractivity contribution is 5.87. The number of hydrogen-bond acceptors (Lipinski definition) is 3. The molecule has 0 aliphatic heterocycles. The second-order valence-electron chi connectivity index (χ2n) is 2.53. The molecule has 0 heterocycles. The lowest BCUT2D eigenvalue weighted by Crippen LogP contribution is -2.40. The smallest absolute Gasteiger partial charge is 0.243 e. The molecule has 64 valence electrons. The van der Waals surface area contributed by atoms with Crippen molar-refractivity contribution < 1.29 is 9.59 Å². The van der Waals surface area contributed by atoms with Crippen LogP contribution in [0.25, 0.3) is 0 Å². The van der Waals surface area contributed by atoms with Gasteiger partial charge in [-0.05, 0) is 20.9 Å². The minimum absolute atomic E-state index is 0.0617. The fraction of sp³-hybridized carbons (Fsp3) is 0.714. The quantitative estimate of drug-likeness (QED) is 0.566. The van der Waals surface area contributed by atoms with Gasteiger partial charge in [0.05, 0.1) is 6.54 Å². The van der Waals surface area contributed by atoms with Gasteiger partial charge in [0.25, 0.3) is 0 Å². The molecule has 0 radical (unpaired) electrons. The van der Waals surface area contributed by atoms with Crippen molar-refractivity contribution in [3.05, 3.63) is 0 Å². The minimum atomic E-state index is -0.197. The average Bonchev–Trinajstić information content (AvgIpc) is 1.88. The van der Waals surface area contributed by atoms with Crippen molar-refractivity contribution in [2.24, 2.45) is 0 Å². The van der Waals surface area contributed by atoms with Crippen molar-refractivity contribution in [1.29, 1.82) is 0 Å². The van der Waals surface area contributed by atoms with Gasteiger partial charge in [0, 0.05) is 6.04 Å². The van der Waals surface area contributed by atoms with E-state index in [-0.39, 0.29) is 18.5 Å². The predicted octanol–water partition coefficient (Wildman–Crippen LogP) is -0.401. The van der Waals surface area contributed by atoms with Crippen LogP contribution in [-0.2, 0) is 9.59 Å². The maximum Gasteiger partial charge on any atom is 0.243 e. The molecule has 0 aromatic carbocycles. The largest absolute Gasteiger partial charge is 0.311 e. The summed E-state index contributed by atoms with van der Waals surface area (Å²) in [5, 5.41) is 2.69. The topological polar surface area (TPSA) is 49.4 Å². The molecule has 0 aromatic rings. The molecule has 2 amide bonds. The molecule has 0 fully saturated rings. The van der Waals surface area contributed by atoms with E-state index in [0.717, 1.165) is 4.90 Å². The number of nitrogens with zero attached hydrogens (tertiary/aromatic N) is 1. The third-order valence-corrected chi connectivity index (χ3v) is 1.29. The summed E-state index contributed by atoms with van der Waals surface area (Å²) in [6.45, 7) is 3.79. The van der Waals surface area contributed by atoms with Crippen LogP contribution >= 0.6 is 0 Å². The van der Waals surface area contributed by atoms with Crippen molar-refractivity contribution >= 4 is 12.3 Å². The Morgan fingerprint density at radius 2 is 2.18 bits per heavy atom. The Hall–Kier alpha value is -0.900. The van der Waals surface area contributed by atoms with E-state index >= 15 is 0 Å². The molecule has 4 heteroatoms. The highest BCUT2D eigenvalue weighted by atomic mass is 16.2. The first-order valence-corrected chi connectivity index (χ1v) is 3.54. The standard InChI is InChI=1S/C7H14N2O2/c1-6(2)9(5-10)7(11)4-8-3/h5-6,8H,4H2,1-3H3. The molecule has 4 nitrogen and oxygen atoms in total. The van der Waals surface area contributed by atoms with Gasteiger partial charge in [-0.1, -0.05) is 0 Å². The van der Waals surface area contributed by atoms with Crippen molar-refractivity contribution in [2.75, 3.05) is 13.6 Å². The van der Waals surface area contributed by atoms with Gasteiger partial charge >= 0.3 is 0 Å². The van der Waals surface area contributed by atoms with Crippen molar-refractivity contribution in [2.45, 2.75) is 19.9 Å². The highest BCUT2D eigenvalue weighted by Gasteiger charge is 2.13. The molecule has 0 saturated heterocycles. The van der Waals surface area contributed by atoms with Gasteiger partial charge in [-0.2, -0.15) is 0 Å². The number of likely N-dealkylation sites (N-methyl/N-ethyl adjacent to an activating group) is 1. The zero-order valence-electron chi connectivity index (χ0n) is 7.13. The Bertz CT molecular complexity index is 145. The zero-order valence-corrected chi connectivity index (χ0v) is 7.13. The molecule has 0 bridgehead atoms.